The molecular formula is C12H23N3. The Hall–Kier alpha value is -0.860. The Morgan fingerprint density at radius 1 is 1.27 bits per heavy atom. The van der Waals surface area contributed by atoms with Gasteiger partial charge >= 0.3 is 0 Å². The van der Waals surface area contributed by atoms with Crippen LogP contribution in [-0.4, -0.2) is 15.0 Å². The Kier molecular flexibility index (Phi) is 3.53. The minimum Gasteiger partial charge on any atom is -0.247 e. The molecule has 1 rings (SSSR count). The van der Waals surface area contributed by atoms with Gasteiger partial charge in [-0.25, -0.2) is 4.68 Å². The topological polar surface area (TPSA) is 30.7 Å². The molecule has 1 aromatic heterocycles. The highest BCUT2D eigenvalue weighted by atomic mass is 15.4. The van der Waals surface area contributed by atoms with E-state index in [0.29, 0.717) is 6.04 Å². The molecule has 1 heterocycles. The molecule has 3 heteroatoms. The summed E-state index contributed by atoms with van der Waals surface area (Å²) in [7, 11) is 0. The number of nitrogens with zero attached hydrogens (tertiary/aromatic N) is 3. The van der Waals surface area contributed by atoms with Gasteiger partial charge in [0.1, 0.15) is 0 Å². The van der Waals surface area contributed by atoms with E-state index < -0.39 is 0 Å². The van der Waals surface area contributed by atoms with Gasteiger partial charge in [-0.15, -0.1) is 5.10 Å². The van der Waals surface area contributed by atoms with Gasteiger partial charge in [-0.05, 0) is 32.1 Å². The van der Waals surface area contributed by atoms with E-state index in [1.807, 2.05) is 4.68 Å². The van der Waals surface area contributed by atoms with Gasteiger partial charge in [0.25, 0.3) is 0 Å². The van der Waals surface area contributed by atoms with Crippen molar-refractivity contribution >= 4 is 0 Å². The quantitative estimate of drug-likeness (QED) is 0.766. The average molecular weight is 209 g/mol. The number of hydrogen-bond acceptors (Lipinski definition) is 2. The summed E-state index contributed by atoms with van der Waals surface area (Å²) in [5.74, 6) is 0. The fourth-order valence-electron chi connectivity index (χ4n) is 1.77. The molecule has 3 nitrogen and oxygen atoms in total. The summed E-state index contributed by atoms with van der Waals surface area (Å²) in [6, 6.07) is 0.404. The van der Waals surface area contributed by atoms with E-state index in [1.165, 1.54) is 11.4 Å². The Labute approximate surface area is 92.9 Å². The molecule has 0 radical (unpaired) electrons. The highest BCUT2D eigenvalue weighted by molar-refractivity contribution is 5.12. The van der Waals surface area contributed by atoms with E-state index in [0.717, 1.165) is 12.8 Å². The van der Waals surface area contributed by atoms with E-state index in [1.54, 1.807) is 0 Å². The van der Waals surface area contributed by atoms with Crippen LogP contribution in [0.1, 0.15) is 59.0 Å². The van der Waals surface area contributed by atoms with Gasteiger partial charge in [0.2, 0.25) is 0 Å². The fourth-order valence-corrected chi connectivity index (χ4v) is 1.77. The minimum absolute atomic E-state index is 0.280. The molecule has 15 heavy (non-hydrogen) atoms. The van der Waals surface area contributed by atoms with Crippen LogP contribution in [0.5, 0.6) is 0 Å². The Morgan fingerprint density at radius 3 is 2.27 bits per heavy atom. The largest absolute Gasteiger partial charge is 0.247 e. The molecule has 0 aliphatic rings. The fraction of sp³-hybridized carbons (Fsp3) is 0.833. The van der Waals surface area contributed by atoms with E-state index >= 15 is 0 Å². The second-order valence-electron chi connectivity index (χ2n) is 5.61. The first-order valence-corrected chi connectivity index (χ1v) is 5.78. The highest BCUT2D eigenvalue weighted by Crippen LogP contribution is 2.22. The van der Waals surface area contributed by atoms with Crippen molar-refractivity contribution in [1.29, 1.82) is 0 Å². The van der Waals surface area contributed by atoms with Gasteiger partial charge < -0.3 is 0 Å². The van der Waals surface area contributed by atoms with E-state index in [4.69, 9.17) is 0 Å². The van der Waals surface area contributed by atoms with Crippen LogP contribution in [-0.2, 0) is 12.8 Å². The lowest BCUT2D eigenvalue weighted by molar-refractivity contribution is 0.404. The zero-order valence-electron chi connectivity index (χ0n) is 10.8. The lowest BCUT2D eigenvalue weighted by Crippen LogP contribution is -2.12. The van der Waals surface area contributed by atoms with Gasteiger partial charge in [-0.1, -0.05) is 32.9 Å². The third kappa shape index (κ3) is 3.05. The van der Waals surface area contributed by atoms with Gasteiger partial charge in [0.15, 0.2) is 0 Å². The molecule has 0 saturated carbocycles. The Morgan fingerprint density at radius 2 is 1.87 bits per heavy atom. The van der Waals surface area contributed by atoms with Crippen LogP contribution in [0.25, 0.3) is 0 Å². The van der Waals surface area contributed by atoms with Crippen LogP contribution in [0.3, 0.4) is 0 Å². The molecule has 0 aliphatic carbocycles. The normalized spacial score (nSPS) is 12.5. The maximum Gasteiger partial charge on any atom is 0.0864 e. The van der Waals surface area contributed by atoms with Gasteiger partial charge in [0, 0.05) is 6.04 Å². The molecule has 0 spiro atoms. The summed E-state index contributed by atoms with van der Waals surface area (Å²) >= 11 is 0. The molecule has 1 aromatic rings. The monoisotopic (exact) mass is 209 g/mol. The molecule has 86 valence electrons. The lowest BCUT2D eigenvalue weighted by Gasteiger charge is -2.17. The zero-order valence-corrected chi connectivity index (χ0v) is 10.8. The predicted molar refractivity (Wildman–Crippen MR) is 62.9 cm³/mol. The van der Waals surface area contributed by atoms with Crippen molar-refractivity contribution in [1.82, 2.24) is 15.0 Å². The number of hydrogen-bond donors (Lipinski definition) is 0. The SMILES string of the molecule is CCc1c(CC(C)(C)C)nnn1C(C)C. The molecule has 0 bridgehead atoms. The summed E-state index contributed by atoms with van der Waals surface area (Å²) in [6.45, 7) is 13.2. The van der Waals surface area contributed by atoms with Crippen molar-refractivity contribution in [2.45, 2.75) is 60.4 Å². The van der Waals surface area contributed by atoms with Crippen molar-refractivity contribution in [3.63, 3.8) is 0 Å². The van der Waals surface area contributed by atoms with E-state index in [-0.39, 0.29) is 5.41 Å². The summed E-state index contributed by atoms with van der Waals surface area (Å²) < 4.78 is 2.04. The first-order valence-electron chi connectivity index (χ1n) is 5.78. The molecule has 0 aromatic carbocycles. The molecule has 0 unspecified atom stereocenters. The van der Waals surface area contributed by atoms with Gasteiger partial charge in [0.05, 0.1) is 11.4 Å². The van der Waals surface area contributed by atoms with Crippen LogP contribution in [0.4, 0.5) is 0 Å². The molecular weight excluding hydrogens is 186 g/mol. The summed E-state index contributed by atoms with van der Waals surface area (Å²) in [4.78, 5) is 0. The summed E-state index contributed by atoms with van der Waals surface area (Å²) in [5, 5.41) is 8.54. The smallest absolute Gasteiger partial charge is 0.0864 e. The highest BCUT2D eigenvalue weighted by Gasteiger charge is 2.19. The van der Waals surface area contributed by atoms with Crippen molar-refractivity contribution in [2.24, 2.45) is 5.41 Å². The predicted octanol–water partition coefficient (Wildman–Crippen LogP) is 3.01. The maximum absolute atomic E-state index is 4.31. The maximum atomic E-state index is 4.31. The van der Waals surface area contributed by atoms with Crippen LogP contribution in [0, 0.1) is 5.41 Å². The van der Waals surface area contributed by atoms with Crippen LogP contribution < -0.4 is 0 Å². The first kappa shape index (κ1) is 12.2. The Bertz CT molecular complexity index is 318. The molecule has 0 aliphatic heterocycles. The molecule has 0 amide bonds. The third-order valence-electron chi connectivity index (χ3n) is 2.39. The van der Waals surface area contributed by atoms with Gasteiger partial charge in [-0.2, -0.15) is 0 Å². The van der Waals surface area contributed by atoms with Crippen LogP contribution in [0.15, 0.2) is 0 Å². The number of aromatic nitrogens is 3. The van der Waals surface area contributed by atoms with Crippen molar-refractivity contribution < 1.29 is 0 Å². The second-order valence-corrected chi connectivity index (χ2v) is 5.61. The van der Waals surface area contributed by atoms with Crippen molar-refractivity contribution in [3.8, 4) is 0 Å². The summed E-state index contributed by atoms with van der Waals surface area (Å²) in [6.07, 6.45) is 2.01. The summed E-state index contributed by atoms with van der Waals surface area (Å²) in [5.41, 5.74) is 2.74. The van der Waals surface area contributed by atoms with E-state index in [2.05, 4.69) is 51.9 Å². The van der Waals surface area contributed by atoms with Crippen LogP contribution in [0.2, 0.25) is 0 Å². The molecule has 0 atom stereocenters. The zero-order chi connectivity index (χ0) is 11.6. The van der Waals surface area contributed by atoms with Crippen molar-refractivity contribution in [3.05, 3.63) is 11.4 Å². The third-order valence-corrected chi connectivity index (χ3v) is 2.39. The first-order chi connectivity index (χ1) is 6.85. The Balaban J connectivity index is 2.99. The van der Waals surface area contributed by atoms with Crippen LogP contribution >= 0.6 is 0 Å². The van der Waals surface area contributed by atoms with Crippen molar-refractivity contribution in [2.75, 3.05) is 0 Å². The number of rotatable bonds is 3. The second kappa shape index (κ2) is 4.33. The van der Waals surface area contributed by atoms with E-state index in [9.17, 15) is 0 Å². The molecule has 0 saturated heterocycles. The average Bonchev–Trinajstić information content (AvgIpc) is 2.44. The molecule has 0 N–H and O–H groups in total. The molecule has 0 fully saturated rings. The van der Waals surface area contributed by atoms with Gasteiger partial charge in [-0.3, -0.25) is 0 Å². The minimum atomic E-state index is 0.280. The standard InChI is InChI=1S/C12H23N3/c1-7-11-10(8-12(4,5)6)13-14-15(11)9(2)3/h9H,7-8H2,1-6H3. The lowest BCUT2D eigenvalue weighted by atomic mass is 9.89.